The van der Waals surface area contributed by atoms with E-state index in [-0.39, 0.29) is 0 Å². The second-order valence-electron chi connectivity index (χ2n) is 4.04. The third-order valence-electron chi connectivity index (χ3n) is 2.76. The van der Waals surface area contributed by atoms with E-state index in [0.29, 0.717) is 0 Å². The molecule has 2 rings (SSSR count). The third-order valence-corrected chi connectivity index (χ3v) is 2.76. The van der Waals surface area contributed by atoms with Gasteiger partial charge in [0.1, 0.15) is 5.75 Å². The molecule has 0 aromatic heterocycles. The molecule has 0 radical (unpaired) electrons. The lowest BCUT2D eigenvalue weighted by atomic mass is 9.92. The van der Waals surface area contributed by atoms with E-state index in [1.54, 1.807) is 0 Å². The molecule has 0 unspecified atom stereocenters. The molecule has 1 fully saturated rings. The van der Waals surface area contributed by atoms with Crippen molar-refractivity contribution in [1.82, 2.24) is 0 Å². The molecule has 1 aromatic carbocycles. The molecule has 1 aliphatic carbocycles. The van der Waals surface area contributed by atoms with Gasteiger partial charge in [-0.25, -0.2) is 0 Å². The number of hydrogen-bond donors (Lipinski definition) is 1. The largest absolute Gasteiger partial charge is 0.473 e. The van der Waals surface area contributed by atoms with Crippen LogP contribution >= 0.6 is 0 Å². The summed E-state index contributed by atoms with van der Waals surface area (Å²) in [5.74, 6) is 0.886. The highest BCUT2D eigenvalue weighted by atomic mass is 16.5. The Balaban J connectivity index is 2.02. The maximum atomic E-state index is 6.17. The number of hydrogen-bond acceptors (Lipinski definition) is 2. The standard InChI is InChI=1S/C12H17NO/c13-12(9-5-2-6-10-12)14-11-7-3-1-4-8-11/h1,3-4,7-8H,2,5-6,9-10,13H2. The topological polar surface area (TPSA) is 35.2 Å². The van der Waals surface area contributed by atoms with Gasteiger partial charge in [0.2, 0.25) is 0 Å². The first-order chi connectivity index (χ1) is 6.79. The van der Waals surface area contributed by atoms with Gasteiger partial charge in [-0.1, -0.05) is 24.6 Å². The summed E-state index contributed by atoms with van der Waals surface area (Å²) < 4.78 is 5.82. The predicted octanol–water partition coefficient (Wildman–Crippen LogP) is 2.68. The van der Waals surface area contributed by atoms with Gasteiger partial charge in [-0.05, 0) is 25.0 Å². The summed E-state index contributed by atoms with van der Waals surface area (Å²) in [6, 6.07) is 9.85. The minimum Gasteiger partial charge on any atom is -0.473 e. The van der Waals surface area contributed by atoms with Crippen LogP contribution in [0.1, 0.15) is 32.1 Å². The molecule has 0 aliphatic heterocycles. The predicted molar refractivity (Wildman–Crippen MR) is 57.1 cm³/mol. The van der Waals surface area contributed by atoms with E-state index in [1.165, 1.54) is 19.3 Å². The van der Waals surface area contributed by atoms with E-state index in [1.807, 2.05) is 30.3 Å². The Morgan fingerprint density at radius 3 is 2.29 bits per heavy atom. The Kier molecular flexibility index (Phi) is 2.73. The van der Waals surface area contributed by atoms with E-state index in [4.69, 9.17) is 10.5 Å². The maximum absolute atomic E-state index is 6.17. The van der Waals surface area contributed by atoms with Crippen LogP contribution in [-0.4, -0.2) is 5.72 Å². The molecular weight excluding hydrogens is 174 g/mol. The lowest BCUT2D eigenvalue weighted by Gasteiger charge is -2.33. The summed E-state index contributed by atoms with van der Waals surface area (Å²) >= 11 is 0. The molecular formula is C12H17NO. The fourth-order valence-corrected chi connectivity index (χ4v) is 1.98. The number of benzene rings is 1. The molecule has 0 atom stereocenters. The third kappa shape index (κ3) is 2.26. The summed E-state index contributed by atoms with van der Waals surface area (Å²) in [5.41, 5.74) is 5.75. The Bertz CT molecular complexity index is 278. The van der Waals surface area contributed by atoms with Crippen LogP contribution in [0, 0.1) is 0 Å². The Hall–Kier alpha value is -1.02. The van der Waals surface area contributed by atoms with Gasteiger partial charge in [0.25, 0.3) is 0 Å². The average molecular weight is 191 g/mol. The highest BCUT2D eigenvalue weighted by Crippen LogP contribution is 2.28. The molecule has 1 aromatic rings. The van der Waals surface area contributed by atoms with E-state index in [2.05, 4.69) is 0 Å². The van der Waals surface area contributed by atoms with E-state index in [9.17, 15) is 0 Å². The number of rotatable bonds is 2. The molecule has 0 spiro atoms. The van der Waals surface area contributed by atoms with Gasteiger partial charge >= 0.3 is 0 Å². The fraction of sp³-hybridized carbons (Fsp3) is 0.500. The molecule has 2 N–H and O–H groups in total. The number of nitrogens with two attached hydrogens (primary N) is 1. The van der Waals surface area contributed by atoms with Gasteiger partial charge in [0.15, 0.2) is 5.72 Å². The fourth-order valence-electron chi connectivity index (χ4n) is 1.98. The number of para-hydroxylation sites is 1. The van der Waals surface area contributed by atoms with Crippen LogP contribution in [0.25, 0.3) is 0 Å². The van der Waals surface area contributed by atoms with Crippen molar-refractivity contribution in [2.45, 2.75) is 37.8 Å². The van der Waals surface area contributed by atoms with Crippen molar-refractivity contribution in [2.75, 3.05) is 0 Å². The van der Waals surface area contributed by atoms with Gasteiger partial charge in [-0.2, -0.15) is 0 Å². The van der Waals surface area contributed by atoms with E-state index >= 15 is 0 Å². The van der Waals surface area contributed by atoms with Gasteiger partial charge in [-0.15, -0.1) is 0 Å². The normalized spacial score (nSPS) is 20.4. The van der Waals surface area contributed by atoms with Crippen LogP contribution in [0.15, 0.2) is 30.3 Å². The molecule has 2 heteroatoms. The van der Waals surface area contributed by atoms with Gasteiger partial charge < -0.3 is 4.74 Å². The summed E-state index contributed by atoms with van der Waals surface area (Å²) in [6.07, 6.45) is 5.60. The van der Waals surface area contributed by atoms with Crippen molar-refractivity contribution in [1.29, 1.82) is 0 Å². The van der Waals surface area contributed by atoms with Crippen LogP contribution in [0.3, 0.4) is 0 Å². The molecule has 0 saturated heterocycles. The van der Waals surface area contributed by atoms with Crippen LogP contribution < -0.4 is 10.5 Å². The minimum absolute atomic E-state index is 0.417. The monoisotopic (exact) mass is 191 g/mol. The lowest BCUT2D eigenvalue weighted by molar-refractivity contribution is 0.0365. The first-order valence-corrected chi connectivity index (χ1v) is 5.31. The summed E-state index contributed by atoms with van der Waals surface area (Å²) in [4.78, 5) is 0. The van der Waals surface area contributed by atoms with Crippen molar-refractivity contribution >= 4 is 0 Å². The minimum atomic E-state index is -0.417. The Labute approximate surface area is 85.1 Å². The van der Waals surface area contributed by atoms with Crippen LogP contribution in [0.2, 0.25) is 0 Å². The molecule has 1 saturated carbocycles. The molecule has 76 valence electrons. The van der Waals surface area contributed by atoms with Crippen molar-refractivity contribution in [3.63, 3.8) is 0 Å². The Morgan fingerprint density at radius 2 is 1.64 bits per heavy atom. The smallest absolute Gasteiger partial charge is 0.158 e. The van der Waals surface area contributed by atoms with Crippen molar-refractivity contribution < 1.29 is 4.74 Å². The highest BCUT2D eigenvalue weighted by Gasteiger charge is 2.29. The first kappa shape index (κ1) is 9.53. The SMILES string of the molecule is NC1(Oc2ccccc2)CCCCC1. The van der Waals surface area contributed by atoms with Crippen LogP contribution in [0.5, 0.6) is 5.75 Å². The lowest BCUT2D eigenvalue weighted by Crippen LogP contribution is -2.47. The molecule has 14 heavy (non-hydrogen) atoms. The van der Waals surface area contributed by atoms with Gasteiger partial charge in [-0.3, -0.25) is 5.73 Å². The highest BCUT2D eigenvalue weighted by molar-refractivity contribution is 5.21. The molecule has 1 aliphatic rings. The number of ether oxygens (including phenoxy) is 1. The van der Waals surface area contributed by atoms with E-state index in [0.717, 1.165) is 18.6 Å². The van der Waals surface area contributed by atoms with Crippen LogP contribution in [-0.2, 0) is 0 Å². The average Bonchev–Trinajstić information content (AvgIpc) is 2.19. The summed E-state index contributed by atoms with van der Waals surface area (Å²) in [5, 5.41) is 0. The van der Waals surface area contributed by atoms with Crippen molar-refractivity contribution in [3.05, 3.63) is 30.3 Å². The maximum Gasteiger partial charge on any atom is 0.158 e. The van der Waals surface area contributed by atoms with Gasteiger partial charge in [0.05, 0.1) is 0 Å². The van der Waals surface area contributed by atoms with Crippen molar-refractivity contribution in [3.8, 4) is 5.75 Å². The molecule has 2 nitrogen and oxygen atoms in total. The van der Waals surface area contributed by atoms with Gasteiger partial charge in [0, 0.05) is 12.8 Å². The zero-order chi connectivity index (χ0) is 9.86. The Morgan fingerprint density at radius 1 is 1.00 bits per heavy atom. The van der Waals surface area contributed by atoms with Crippen LogP contribution in [0.4, 0.5) is 0 Å². The molecule has 0 amide bonds. The van der Waals surface area contributed by atoms with Crippen molar-refractivity contribution in [2.24, 2.45) is 5.73 Å². The second kappa shape index (κ2) is 4.01. The second-order valence-corrected chi connectivity index (χ2v) is 4.04. The first-order valence-electron chi connectivity index (χ1n) is 5.31. The quantitative estimate of drug-likeness (QED) is 0.729. The zero-order valence-corrected chi connectivity index (χ0v) is 8.41. The summed E-state index contributed by atoms with van der Waals surface area (Å²) in [7, 11) is 0. The zero-order valence-electron chi connectivity index (χ0n) is 8.41. The molecule has 0 bridgehead atoms. The molecule has 0 heterocycles. The van der Waals surface area contributed by atoms with E-state index < -0.39 is 5.72 Å². The summed E-state index contributed by atoms with van der Waals surface area (Å²) in [6.45, 7) is 0.